The quantitative estimate of drug-likeness (QED) is 0.353. The Morgan fingerprint density at radius 1 is 0.826 bits per heavy atom. The van der Waals surface area contributed by atoms with Crippen LogP contribution in [0.2, 0.25) is 0 Å². The summed E-state index contributed by atoms with van der Waals surface area (Å²) in [6.07, 6.45) is 1.96. The van der Waals surface area contributed by atoms with Gasteiger partial charge in [-0.3, -0.25) is 4.99 Å². The molecule has 0 unspecified atom stereocenters. The molecule has 0 aliphatic carbocycles. The third-order valence-corrected chi connectivity index (χ3v) is 4.60. The summed E-state index contributed by atoms with van der Waals surface area (Å²) in [6, 6.07) is 23.2. The van der Waals surface area contributed by atoms with Gasteiger partial charge in [-0.1, -0.05) is 65.7 Å². The molecule has 0 aliphatic heterocycles. The number of hydrogen-bond donors (Lipinski definition) is 0. The van der Waals surface area contributed by atoms with E-state index in [1.54, 1.807) is 0 Å². The van der Waals surface area contributed by atoms with Gasteiger partial charge in [0.25, 0.3) is 0 Å². The fourth-order valence-corrected chi connectivity index (χ4v) is 3.22. The van der Waals surface area contributed by atoms with E-state index in [2.05, 4.69) is 90.0 Å². The monoisotopic (exact) mass is 411 g/mol. The van der Waals surface area contributed by atoms with Crippen LogP contribution in [0.1, 0.15) is 16.7 Å². The van der Waals surface area contributed by atoms with E-state index in [1.165, 1.54) is 22.3 Å². The van der Waals surface area contributed by atoms with Crippen LogP contribution < -0.4 is 0 Å². The van der Waals surface area contributed by atoms with Crippen LogP contribution in [0.5, 0.6) is 0 Å². The molecule has 0 aliphatic rings. The highest BCUT2D eigenvalue weighted by Crippen LogP contribution is 2.26. The van der Waals surface area contributed by atoms with Gasteiger partial charge >= 0.3 is 0 Å². The van der Waals surface area contributed by atoms with Gasteiger partial charge in [-0.2, -0.15) is 0 Å². The Bertz CT molecular complexity index is 845. The number of para-hydroxylation sites is 1. The van der Waals surface area contributed by atoms with Gasteiger partial charge in [0, 0.05) is 15.3 Å². The number of aryl methyl sites for hydroxylation is 2. The van der Waals surface area contributed by atoms with Gasteiger partial charge in [-0.15, -0.1) is 0 Å². The van der Waals surface area contributed by atoms with E-state index < -0.39 is 0 Å². The van der Waals surface area contributed by atoms with Crippen LogP contribution in [0.15, 0.2) is 71.7 Å². The Morgan fingerprint density at radius 3 is 2.22 bits per heavy atom. The molecular weight excluding hydrogens is 393 g/mol. The van der Waals surface area contributed by atoms with Crippen molar-refractivity contribution in [3.05, 3.63) is 87.0 Å². The van der Waals surface area contributed by atoms with Crippen LogP contribution >= 0.6 is 22.6 Å². The summed E-state index contributed by atoms with van der Waals surface area (Å²) in [5, 5.41) is 0. The molecule has 3 aromatic carbocycles. The number of hydrogen-bond acceptors (Lipinski definition) is 1. The molecule has 0 amide bonds. The van der Waals surface area contributed by atoms with Gasteiger partial charge in [0.1, 0.15) is 0 Å². The van der Waals surface area contributed by atoms with Crippen molar-refractivity contribution in [1.82, 2.24) is 0 Å². The molecule has 0 saturated carbocycles. The molecule has 0 fully saturated rings. The molecule has 0 atom stereocenters. The van der Waals surface area contributed by atoms with Crippen LogP contribution in [-0.4, -0.2) is 6.21 Å². The van der Waals surface area contributed by atoms with E-state index in [9.17, 15) is 0 Å². The first-order valence-corrected chi connectivity index (χ1v) is 8.67. The van der Waals surface area contributed by atoms with E-state index in [0.29, 0.717) is 0 Å². The summed E-state index contributed by atoms with van der Waals surface area (Å²) in [5.41, 5.74) is 7.16. The van der Waals surface area contributed by atoms with Crippen molar-refractivity contribution in [2.24, 2.45) is 4.99 Å². The molecule has 0 aromatic heterocycles. The zero-order valence-corrected chi connectivity index (χ0v) is 15.4. The first-order valence-electron chi connectivity index (χ1n) is 7.60. The summed E-state index contributed by atoms with van der Waals surface area (Å²) in [6.45, 7) is 4.28. The second-order valence-corrected chi connectivity index (χ2v) is 6.84. The molecule has 0 radical (unpaired) electrons. The molecule has 0 saturated heterocycles. The Balaban J connectivity index is 2.03. The Morgan fingerprint density at radius 2 is 1.48 bits per heavy atom. The summed E-state index contributed by atoms with van der Waals surface area (Å²) in [4.78, 5) is 4.67. The lowest BCUT2D eigenvalue weighted by Crippen LogP contribution is -1.89. The SMILES string of the molecule is Cc1cc(C)cc(-c2ccccc2C=Nc2ccccc2I)c1. The van der Waals surface area contributed by atoms with E-state index in [1.807, 2.05) is 24.4 Å². The lowest BCUT2D eigenvalue weighted by Gasteiger charge is -2.08. The van der Waals surface area contributed by atoms with E-state index in [-0.39, 0.29) is 0 Å². The van der Waals surface area contributed by atoms with Gasteiger partial charge < -0.3 is 0 Å². The summed E-state index contributed by atoms with van der Waals surface area (Å²) >= 11 is 2.32. The van der Waals surface area contributed by atoms with Crippen LogP contribution in [0.25, 0.3) is 11.1 Å². The Labute approximate surface area is 151 Å². The van der Waals surface area contributed by atoms with E-state index in [0.717, 1.165) is 14.8 Å². The van der Waals surface area contributed by atoms with Crippen molar-refractivity contribution >= 4 is 34.5 Å². The van der Waals surface area contributed by atoms with Crippen molar-refractivity contribution < 1.29 is 0 Å². The maximum Gasteiger partial charge on any atom is 0.0763 e. The molecule has 0 bridgehead atoms. The van der Waals surface area contributed by atoms with Crippen molar-refractivity contribution in [2.45, 2.75) is 13.8 Å². The number of nitrogens with zero attached hydrogens (tertiary/aromatic N) is 1. The van der Waals surface area contributed by atoms with Crippen LogP contribution in [-0.2, 0) is 0 Å². The molecule has 0 heterocycles. The largest absolute Gasteiger partial charge is 0.255 e. The highest BCUT2D eigenvalue weighted by Gasteiger charge is 2.04. The fraction of sp³-hybridized carbons (Fsp3) is 0.0952. The first kappa shape index (κ1) is 15.9. The molecular formula is C21H18IN. The average molecular weight is 411 g/mol. The van der Waals surface area contributed by atoms with Gasteiger partial charge in [-0.05, 0) is 59.7 Å². The first-order chi connectivity index (χ1) is 11.1. The van der Waals surface area contributed by atoms with Crippen molar-refractivity contribution in [1.29, 1.82) is 0 Å². The Hall–Kier alpha value is -1.94. The molecule has 1 nitrogen and oxygen atoms in total. The third-order valence-electron chi connectivity index (χ3n) is 3.69. The van der Waals surface area contributed by atoms with Crippen LogP contribution in [0.3, 0.4) is 0 Å². The normalized spacial score (nSPS) is 11.1. The van der Waals surface area contributed by atoms with E-state index >= 15 is 0 Å². The maximum atomic E-state index is 4.67. The second kappa shape index (κ2) is 7.09. The van der Waals surface area contributed by atoms with Crippen molar-refractivity contribution in [3.8, 4) is 11.1 Å². The van der Waals surface area contributed by atoms with Gasteiger partial charge in [-0.25, -0.2) is 0 Å². The zero-order chi connectivity index (χ0) is 16.2. The van der Waals surface area contributed by atoms with Gasteiger partial charge in [0.2, 0.25) is 0 Å². The molecule has 2 heteroatoms. The van der Waals surface area contributed by atoms with Crippen molar-refractivity contribution in [2.75, 3.05) is 0 Å². The predicted octanol–water partition coefficient (Wildman–Crippen LogP) is 6.33. The fourth-order valence-electron chi connectivity index (χ4n) is 2.70. The minimum atomic E-state index is 1.00. The van der Waals surface area contributed by atoms with Crippen LogP contribution in [0.4, 0.5) is 5.69 Å². The standard InChI is InChI=1S/C21H18IN/c1-15-11-16(2)13-18(12-15)19-8-4-3-7-17(19)14-23-21-10-6-5-9-20(21)22/h3-14H,1-2H3. The Kier molecular flexibility index (Phi) is 4.91. The van der Waals surface area contributed by atoms with Crippen LogP contribution in [0, 0.1) is 17.4 Å². The lowest BCUT2D eigenvalue weighted by atomic mass is 9.97. The smallest absolute Gasteiger partial charge is 0.0763 e. The molecule has 0 spiro atoms. The number of benzene rings is 3. The second-order valence-electron chi connectivity index (χ2n) is 5.67. The van der Waals surface area contributed by atoms with Gasteiger partial charge in [0.15, 0.2) is 0 Å². The summed E-state index contributed by atoms with van der Waals surface area (Å²) in [5.74, 6) is 0. The highest BCUT2D eigenvalue weighted by molar-refractivity contribution is 14.1. The summed E-state index contributed by atoms with van der Waals surface area (Å²) in [7, 11) is 0. The lowest BCUT2D eigenvalue weighted by molar-refractivity contribution is 1.38. The minimum Gasteiger partial charge on any atom is -0.255 e. The molecule has 3 aromatic rings. The molecule has 114 valence electrons. The number of rotatable bonds is 3. The maximum absolute atomic E-state index is 4.67. The topological polar surface area (TPSA) is 12.4 Å². The molecule has 0 N–H and O–H groups in total. The predicted molar refractivity (Wildman–Crippen MR) is 108 cm³/mol. The highest BCUT2D eigenvalue weighted by atomic mass is 127. The minimum absolute atomic E-state index is 1.00. The van der Waals surface area contributed by atoms with Crippen molar-refractivity contribution in [3.63, 3.8) is 0 Å². The van der Waals surface area contributed by atoms with Gasteiger partial charge in [0.05, 0.1) is 5.69 Å². The number of aliphatic imine (C=N–C) groups is 1. The zero-order valence-electron chi connectivity index (χ0n) is 13.3. The third kappa shape index (κ3) is 3.88. The number of halogens is 1. The van der Waals surface area contributed by atoms with E-state index in [4.69, 9.17) is 0 Å². The summed E-state index contributed by atoms with van der Waals surface area (Å²) < 4.78 is 1.16. The average Bonchev–Trinajstić information content (AvgIpc) is 2.53. The molecule has 3 rings (SSSR count). The molecule has 23 heavy (non-hydrogen) atoms.